The van der Waals surface area contributed by atoms with Gasteiger partial charge in [0, 0.05) is 37.3 Å². The van der Waals surface area contributed by atoms with Crippen LogP contribution in [0.5, 0.6) is 0 Å². The molecule has 0 aliphatic carbocycles. The molecule has 0 saturated carbocycles. The van der Waals surface area contributed by atoms with Crippen molar-refractivity contribution >= 4 is 28.5 Å². The second kappa shape index (κ2) is 7.26. The molecular weight excluding hydrogens is 298 g/mol. The first kappa shape index (κ1) is 14.8. The van der Waals surface area contributed by atoms with Gasteiger partial charge >= 0.3 is 0 Å². The van der Waals surface area contributed by atoms with Crippen LogP contribution in [0.2, 0.25) is 0 Å². The normalized spacial score (nSPS) is 18.7. The molecule has 6 heteroatoms. The van der Waals surface area contributed by atoms with Crippen LogP contribution < -0.4 is 10.2 Å². The van der Waals surface area contributed by atoms with E-state index in [1.807, 2.05) is 17.6 Å². The van der Waals surface area contributed by atoms with Crippen LogP contribution in [-0.4, -0.2) is 30.5 Å². The predicted octanol–water partition coefficient (Wildman–Crippen LogP) is 2.78. The highest BCUT2D eigenvalue weighted by atomic mass is 32.1. The smallest absolute Gasteiger partial charge is 0.244 e. The minimum Gasteiger partial charge on any atom is -0.465 e. The Morgan fingerprint density at radius 2 is 2.55 bits per heavy atom. The number of aromatic nitrogens is 1. The van der Waals surface area contributed by atoms with Crippen LogP contribution in [0.25, 0.3) is 6.08 Å². The SMILES string of the molecule is O=C(/C=C/c1ccco1)NCC1CCCN(c2nccs2)C1. The van der Waals surface area contributed by atoms with Gasteiger partial charge < -0.3 is 14.6 Å². The molecule has 2 aromatic rings. The van der Waals surface area contributed by atoms with Crippen molar-refractivity contribution in [3.8, 4) is 0 Å². The number of amides is 1. The van der Waals surface area contributed by atoms with Crippen molar-refractivity contribution in [3.63, 3.8) is 0 Å². The molecule has 1 atom stereocenters. The number of anilines is 1. The largest absolute Gasteiger partial charge is 0.465 e. The Morgan fingerprint density at radius 3 is 3.32 bits per heavy atom. The second-order valence-electron chi connectivity index (χ2n) is 5.36. The molecule has 1 aliphatic rings. The lowest BCUT2D eigenvalue weighted by Crippen LogP contribution is -2.40. The Morgan fingerprint density at radius 1 is 1.59 bits per heavy atom. The third-order valence-electron chi connectivity index (χ3n) is 3.72. The lowest BCUT2D eigenvalue weighted by molar-refractivity contribution is -0.116. The predicted molar refractivity (Wildman–Crippen MR) is 87.8 cm³/mol. The molecule has 3 rings (SSSR count). The maximum atomic E-state index is 11.8. The zero-order chi connectivity index (χ0) is 15.2. The molecule has 3 heterocycles. The molecule has 0 radical (unpaired) electrons. The molecule has 1 amide bonds. The molecule has 1 N–H and O–H groups in total. The van der Waals surface area contributed by atoms with Gasteiger partial charge in [-0.05, 0) is 37.0 Å². The summed E-state index contributed by atoms with van der Waals surface area (Å²) in [7, 11) is 0. The molecule has 0 aromatic carbocycles. The standard InChI is InChI=1S/C16H19N3O2S/c20-15(6-5-14-4-2-9-21-14)18-11-13-3-1-8-19(12-13)16-17-7-10-22-16/h2,4-7,9-10,13H,1,3,8,11-12H2,(H,18,20)/b6-5+. The van der Waals surface area contributed by atoms with E-state index in [2.05, 4.69) is 15.2 Å². The average molecular weight is 317 g/mol. The first-order valence-corrected chi connectivity index (χ1v) is 8.33. The molecule has 116 valence electrons. The number of hydrogen-bond acceptors (Lipinski definition) is 5. The molecule has 0 bridgehead atoms. The van der Waals surface area contributed by atoms with Crippen LogP contribution in [-0.2, 0) is 4.79 Å². The highest BCUT2D eigenvalue weighted by Gasteiger charge is 2.21. The van der Waals surface area contributed by atoms with Gasteiger partial charge in [0.15, 0.2) is 5.13 Å². The van der Waals surface area contributed by atoms with Crippen LogP contribution in [0.1, 0.15) is 18.6 Å². The summed E-state index contributed by atoms with van der Waals surface area (Å²) in [4.78, 5) is 18.5. The Kier molecular flexibility index (Phi) is 4.90. The molecule has 5 nitrogen and oxygen atoms in total. The average Bonchev–Trinajstić information content (AvgIpc) is 3.24. The Labute approximate surface area is 133 Å². The fraction of sp³-hybridized carbons (Fsp3) is 0.375. The summed E-state index contributed by atoms with van der Waals surface area (Å²) in [5.41, 5.74) is 0. The van der Waals surface area contributed by atoms with Crippen LogP contribution in [0.3, 0.4) is 0 Å². The number of nitrogens with zero attached hydrogens (tertiary/aromatic N) is 2. The van der Waals surface area contributed by atoms with Gasteiger partial charge in [0.2, 0.25) is 5.91 Å². The van der Waals surface area contributed by atoms with Gasteiger partial charge in [-0.1, -0.05) is 0 Å². The third-order valence-corrected chi connectivity index (χ3v) is 4.55. The Hall–Kier alpha value is -2.08. The van der Waals surface area contributed by atoms with E-state index >= 15 is 0 Å². The fourth-order valence-electron chi connectivity index (χ4n) is 2.63. The van der Waals surface area contributed by atoms with E-state index in [4.69, 9.17) is 4.42 Å². The summed E-state index contributed by atoms with van der Waals surface area (Å²) >= 11 is 1.67. The molecule has 0 spiro atoms. The first-order valence-electron chi connectivity index (χ1n) is 7.45. The van der Waals surface area contributed by atoms with Crippen molar-refractivity contribution in [2.75, 3.05) is 24.5 Å². The molecule has 1 unspecified atom stereocenters. The van der Waals surface area contributed by atoms with Gasteiger partial charge in [0.05, 0.1) is 6.26 Å². The van der Waals surface area contributed by atoms with Gasteiger partial charge in [0.25, 0.3) is 0 Å². The maximum absolute atomic E-state index is 11.8. The second-order valence-corrected chi connectivity index (χ2v) is 6.24. The van der Waals surface area contributed by atoms with E-state index in [0.29, 0.717) is 18.2 Å². The monoisotopic (exact) mass is 317 g/mol. The molecule has 1 saturated heterocycles. The number of hydrogen-bond donors (Lipinski definition) is 1. The van der Waals surface area contributed by atoms with E-state index in [1.165, 1.54) is 6.08 Å². The molecule has 2 aromatic heterocycles. The number of carbonyl (C=O) groups is 1. The summed E-state index contributed by atoms with van der Waals surface area (Å²) in [6.07, 6.45) is 8.91. The van der Waals surface area contributed by atoms with Crippen molar-refractivity contribution in [2.45, 2.75) is 12.8 Å². The number of piperidine rings is 1. The van der Waals surface area contributed by atoms with E-state index in [9.17, 15) is 4.79 Å². The van der Waals surface area contributed by atoms with E-state index < -0.39 is 0 Å². The summed E-state index contributed by atoms with van der Waals surface area (Å²) in [5.74, 6) is 1.07. The van der Waals surface area contributed by atoms with Crippen LogP contribution >= 0.6 is 11.3 Å². The van der Waals surface area contributed by atoms with Gasteiger partial charge in [-0.3, -0.25) is 4.79 Å². The first-order chi connectivity index (χ1) is 10.8. The lowest BCUT2D eigenvalue weighted by Gasteiger charge is -2.32. The molecule has 1 fully saturated rings. The Balaban J connectivity index is 1.46. The minimum atomic E-state index is -0.0808. The van der Waals surface area contributed by atoms with Crippen molar-refractivity contribution < 1.29 is 9.21 Å². The van der Waals surface area contributed by atoms with E-state index in [-0.39, 0.29) is 5.91 Å². The summed E-state index contributed by atoms with van der Waals surface area (Å²) in [6, 6.07) is 3.61. The molecule has 22 heavy (non-hydrogen) atoms. The van der Waals surface area contributed by atoms with Gasteiger partial charge in [0.1, 0.15) is 5.76 Å². The number of furan rings is 1. The summed E-state index contributed by atoms with van der Waals surface area (Å²) < 4.78 is 5.15. The van der Waals surface area contributed by atoms with Crippen molar-refractivity contribution in [1.29, 1.82) is 0 Å². The van der Waals surface area contributed by atoms with Gasteiger partial charge in [-0.25, -0.2) is 4.98 Å². The topological polar surface area (TPSA) is 58.4 Å². The minimum absolute atomic E-state index is 0.0808. The van der Waals surface area contributed by atoms with Crippen LogP contribution in [0.15, 0.2) is 40.5 Å². The summed E-state index contributed by atoms with van der Waals surface area (Å²) in [5, 5.41) is 6.05. The van der Waals surface area contributed by atoms with Crippen molar-refractivity contribution in [1.82, 2.24) is 10.3 Å². The zero-order valence-corrected chi connectivity index (χ0v) is 13.1. The zero-order valence-electron chi connectivity index (χ0n) is 12.3. The quantitative estimate of drug-likeness (QED) is 0.862. The van der Waals surface area contributed by atoms with Gasteiger partial charge in [-0.15, -0.1) is 11.3 Å². The molecular formula is C16H19N3O2S. The highest BCUT2D eigenvalue weighted by molar-refractivity contribution is 7.13. The van der Waals surface area contributed by atoms with Gasteiger partial charge in [-0.2, -0.15) is 0 Å². The van der Waals surface area contributed by atoms with E-state index in [0.717, 1.165) is 31.1 Å². The van der Waals surface area contributed by atoms with E-state index in [1.54, 1.807) is 29.7 Å². The maximum Gasteiger partial charge on any atom is 0.244 e. The number of carbonyl (C=O) groups excluding carboxylic acids is 1. The number of rotatable bonds is 5. The van der Waals surface area contributed by atoms with Crippen molar-refractivity contribution in [3.05, 3.63) is 41.8 Å². The lowest BCUT2D eigenvalue weighted by atomic mass is 9.98. The summed E-state index contributed by atoms with van der Waals surface area (Å²) in [6.45, 7) is 2.70. The van der Waals surface area contributed by atoms with Crippen molar-refractivity contribution in [2.24, 2.45) is 5.92 Å². The number of nitrogens with one attached hydrogen (secondary N) is 1. The van der Waals surface area contributed by atoms with Crippen LogP contribution in [0, 0.1) is 5.92 Å². The molecule has 1 aliphatic heterocycles. The number of thiazole rings is 1. The third kappa shape index (κ3) is 3.98. The highest BCUT2D eigenvalue weighted by Crippen LogP contribution is 2.24. The fourth-order valence-corrected chi connectivity index (χ4v) is 3.31. The Bertz CT molecular complexity index is 607. The van der Waals surface area contributed by atoms with Crippen LogP contribution in [0.4, 0.5) is 5.13 Å².